The standard InChI is InChI=1S/C12H16FN/c13-11-8-10(6-7-12(11)14)9-4-2-1-3-5-9/h1-5,10-12H,6-8,14H2/t10-,11-,12-/m1/s1. The molecule has 2 heteroatoms. The highest BCUT2D eigenvalue weighted by molar-refractivity contribution is 5.20. The molecular weight excluding hydrogens is 177 g/mol. The lowest BCUT2D eigenvalue weighted by Gasteiger charge is -2.29. The van der Waals surface area contributed by atoms with Crippen LogP contribution in [0.2, 0.25) is 0 Å². The summed E-state index contributed by atoms with van der Waals surface area (Å²) in [5.74, 6) is 0.367. The summed E-state index contributed by atoms with van der Waals surface area (Å²) in [6, 6.07) is 9.93. The smallest absolute Gasteiger partial charge is 0.116 e. The molecule has 1 saturated carbocycles. The van der Waals surface area contributed by atoms with Crippen molar-refractivity contribution in [3.8, 4) is 0 Å². The lowest BCUT2D eigenvalue weighted by Crippen LogP contribution is -2.36. The molecule has 1 aliphatic carbocycles. The minimum atomic E-state index is -0.825. The first-order valence-corrected chi connectivity index (χ1v) is 5.22. The summed E-state index contributed by atoms with van der Waals surface area (Å²) in [5, 5.41) is 0. The fourth-order valence-corrected chi connectivity index (χ4v) is 2.17. The Morgan fingerprint density at radius 1 is 1.14 bits per heavy atom. The lowest BCUT2D eigenvalue weighted by atomic mass is 9.81. The topological polar surface area (TPSA) is 26.0 Å². The highest BCUT2D eigenvalue weighted by atomic mass is 19.1. The van der Waals surface area contributed by atoms with Crippen LogP contribution in [0.4, 0.5) is 4.39 Å². The minimum absolute atomic E-state index is 0.241. The van der Waals surface area contributed by atoms with Crippen LogP contribution in [0, 0.1) is 0 Å². The maximum Gasteiger partial charge on any atom is 0.116 e. The third-order valence-corrected chi connectivity index (χ3v) is 3.09. The van der Waals surface area contributed by atoms with Crippen LogP contribution in [0.1, 0.15) is 30.7 Å². The Labute approximate surface area is 84.1 Å². The second-order valence-electron chi connectivity index (χ2n) is 4.10. The lowest BCUT2D eigenvalue weighted by molar-refractivity contribution is 0.200. The number of benzene rings is 1. The van der Waals surface area contributed by atoms with Gasteiger partial charge in [-0.3, -0.25) is 0 Å². The molecule has 1 fully saturated rings. The van der Waals surface area contributed by atoms with Crippen molar-refractivity contribution in [3.05, 3.63) is 35.9 Å². The van der Waals surface area contributed by atoms with E-state index in [0.29, 0.717) is 12.3 Å². The van der Waals surface area contributed by atoms with Crippen molar-refractivity contribution in [2.75, 3.05) is 0 Å². The molecule has 1 aromatic rings. The van der Waals surface area contributed by atoms with Gasteiger partial charge in [0, 0.05) is 6.04 Å². The average Bonchev–Trinajstić information content (AvgIpc) is 2.23. The van der Waals surface area contributed by atoms with E-state index in [9.17, 15) is 4.39 Å². The molecule has 2 N–H and O–H groups in total. The summed E-state index contributed by atoms with van der Waals surface area (Å²) in [5.41, 5.74) is 6.90. The molecule has 1 aromatic carbocycles. The molecule has 14 heavy (non-hydrogen) atoms. The SMILES string of the molecule is N[C@@H]1CC[C@@H](c2ccccc2)C[C@H]1F. The molecule has 1 aliphatic rings. The Morgan fingerprint density at radius 3 is 2.50 bits per heavy atom. The van der Waals surface area contributed by atoms with Gasteiger partial charge < -0.3 is 5.73 Å². The average molecular weight is 193 g/mol. The van der Waals surface area contributed by atoms with Gasteiger partial charge in [-0.1, -0.05) is 30.3 Å². The van der Waals surface area contributed by atoms with Crippen LogP contribution in [-0.2, 0) is 0 Å². The molecular formula is C12H16FN. The Balaban J connectivity index is 2.07. The first kappa shape index (κ1) is 9.66. The Morgan fingerprint density at radius 2 is 1.86 bits per heavy atom. The van der Waals surface area contributed by atoms with E-state index in [2.05, 4.69) is 12.1 Å². The third kappa shape index (κ3) is 1.95. The normalized spacial score (nSPS) is 32.9. The summed E-state index contributed by atoms with van der Waals surface area (Å²) in [7, 11) is 0. The first-order valence-electron chi connectivity index (χ1n) is 5.22. The first-order chi connectivity index (χ1) is 6.77. The van der Waals surface area contributed by atoms with Crippen molar-refractivity contribution in [2.45, 2.75) is 37.4 Å². The van der Waals surface area contributed by atoms with Crippen molar-refractivity contribution in [1.29, 1.82) is 0 Å². The van der Waals surface area contributed by atoms with Gasteiger partial charge in [-0.2, -0.15) is 0 Å². The third-order valence-electron chi connectivity index (χ3n) is 3.09. The number of hydrogen-bond donors (Lipinski definition) is 1. The van der Waals surface area contributed by atoms with Crippen molar-refractivity contribution in [1.82, 2.24) is 0 Å². The fourth-order valence-electron chi connectivity index (χ4n) is 2.17. The maximum absolute atomic E-state index is 13.4. The van der Waals surface area contributed by atoms with Gasteiger partial charge in [0.05, 0.1) is 0 Å². The molecule has 3 atom stereocenters. The highest BCUT2D eigenvalue weighted by Gasteiger charge is 2.28. The van der Waals surface area contributed by atoms with E-state index in [1.165, 1.54) is 5.56 Å². The van der Waals surface area contributed by atoms with Gasteiger partial charge >= 0.3 is 0 Å². The molecule has 0 saturated heterocycles. The van der Waals surface area contributed by atoms with E-state index >= 15 is 0 Å². The molecule has 0 aromatic heterocycles. The molecule has 0 amide bonds. The summed E-state index contributed by atoms with van der Waals surface area (Å²) < 4.78 is 13.4. The summed E-state index contributed by atoms with van der Waals surface area (Å²) in [6.45, 7) is 0. The van der Waals surface area contributed by atoms with Crippen molar-refractivity contribution in [2.24, 2.45) is 5.73 Å². The van der Waals surface area contributed by atoms with Crippen molar-refractivity contribution >= 4 is 0 Å². The molecule has 0 unspecified atom stereocenters. The van der Waals surface area contributed by atoms with Gasteiger partial charge in [0.1, 0.15) is 6.17 Å². The molecule has 0 spiro atoms. The molecule has 76 valence electrons. The van der Waals surface area contributed by atoms with Crippen LogP contribution in [0.5, 0.6) is 0 Å². The van der Waals surface area contributed by atoms with E-state index in [0.717, 1.165) is 12.8 Å². The molecule has 1 nitrogen and oxygen atoms in total. The zero-order valence-corrected chi connectivity index (χ0v) is 8.20. The number of rotatable bonds is 1. The van der Waals surface area contributed by atoms with Crippen LogP contribution in [0.3, 0.4) is 0 Å². The fraction of sp³-hybridized carbons (Fsp3) is 0.500. The van der Waals surface area contributed by atoms with Crippen molar-refractivity contribution < 1.29 is 4.39 Å². The Bertz CT molecular complexity index is 286. The Kier molecular flexibility index (Phi) is 2.82. The van der Waals surface area contributed by atoms with Crippen LogP contribution < -0.4 is 5.73 Å². The second kappa shape index (κ2) is 4.09. The number of halogens is 1. The molecule has 2 rings (SSSR count). The monoisotopic (exact) mass is 193 g/mol. The maximum atomic E-state index is 13.4. The van der Waals surface area contributed by atoms with E-state index in [4.69, 9.17) is 5.73 Å². The zero-order chi connectivity index (χ0) is 9.97. The number of hydrogen-bond acceptors (Lipinski definition) is 1. The van der Waals surface area contributed by atoms with Gasteiger partial charge in [-0.15, -0.1) is 0 Å². The molecule has 0 aliphatic heterocycles. The van der Waals surface area contributed by atoms with Crippen LogP contribution in [0.15, 0.2) is 30.3 Å². The van der Waals surface area contributed by atoms with Crippen LogP contribution >= 0.6 is 0 Å². The largest absolute Gasteiger partial charge is 0.325 e. The Hall–Kier alpha value is -0.890. The van der Waals surface area contributed by atoms with E-state index < -0.39 is 6.17 Å². The molecule has 0 heterocycles. The van der Waals surface area contributed by atoms with Gasteiger partial charge in [0.2, 0.25) is 0 Å². The van der Waals surface area contributed by atoms with Gasteiger partial charge in [-0.05, 0) is 30.7 Å². The van der Waals surface area contributed by atoms with Gasteiger partial charge in [-0.25, -0.2) is 4.39 Å². The number of alkyl halides is 1. The molecule has 0 bridgehead atoms. The van der Waals surface area contributed by atoms with E-state index in [1.807, 2.05) is 18.2 Å². The van der Waals surface area contributed by atoms with Gasteiger partial charge in [0.25, 0.3) is 0 Å². The highest BCUT2D eigenvalue weighted by Crippen LogP contribution is 2.33. The van der Waals surface area contributed by atoms with E-state index in [1.54, 1.807) is 0 Å². The summed E-state index contributed by atoms with van der Waals surface area (Å²) >= 11 is 0. The van der Waals surface area contributed by atoms with Gasteiger partial charge in [0.15, 0.2) is 0 Å². The quantitative estimate of drug-likeness (QED) is 0.729. The minimum Gasteiger partial charge on any atom is -0.325 e. The van der Waals surface area contributed by atoms with E-state index in [-0.39, 0.29) is 6.04 Å². The second-order valence-corrected chi connectivity index (χ2v) is 4.10. The molecule has 0 radical (unpaired) electrons. The van der Waals surface area contributed by atoms with Crippen LogP contribution in [0.25, 0.3) is 0 Å². The number of nitrogens with two attached hydrogens (primary N) is 1. The predicted molar refractivity (Wildman–Crippen MR) is 55.9 cm³/mol. The van der Waals surface area contributed by atoms with Crippen molar-refractivity contribution in [3.63, 3.8) is 0 Å². The predicted octanol–water partition coefficient (Wildman–Crippen LogP) is 2.62. The van der Waals surface area contributed by atoms with Crippen LogP contribution in [-0.4, -0.2) is 12.2 Å². The summed E-state index contributed by atoms with van der Waals surface area (Å²) in [4.78, 5) is 0. The zero-order valence-electron chi connectivity index (χ0n) is 8.20. The summed E-state index contributed by atoms with van der Waals surface area (Å²) in [6.07, 6.45) is 1.59.